The van der Waals surface area contributed by atoms with Crippen LogP contribution in [0.2, 0.25) is 0 Å². The SMILES string of the molecule is O=C(NC1CCN(CC(F)F)CC1)c1ccc2c(c1)C(=O)N(CCc1ccccc1)C2=O. The highest BCUT2D eigenvalue weighted by Crippen LogP contribution is 2.25. The average molecular weight is 441 g/mol. The first-order valence-corrected chi connectivity index (χ1v) is 10.8. The third kappa shape index (κ3) is 4.85. The van der Waals surface area contributed by atoms with Crippen LogP contribution in [0.3, 0.4) is 0 Å². The highest BCUT2D eigenvalue weighted by molar-refractivity contribution is 6.22. The molecule has 0 spiro atoms. The Morgan fingerprint density at radius 1 is 1.00 bits per heavy atom. The maximum absolute atomic E-state index is 12.8. The standard InChI is InChI=1S/C24H25F2N3O3/c25-21(26)15-28-11-9-18(10-12-28)27-22(30)17-6-7-19-20(14-17)24(32)29(23(19)31)13-8-16-4-2-1-3-5-16/h1-7,14,18,21H,8-13,15H2,(H,27,30). The van der Waals surface area contributed by atoms with Gasteiger partial charge in [0.25, 0.3) is 24.1 Å². The summed E-state index contributed by atoms with van der Waals surface area (Å²) in [6.45, 7) is 1.03. The van der Waals surface area contributed by atoms with Crippen molar-refractivity contribution >= 4 is 17.7 Å². The first-order chi connectivity index (χ1) is 15.4. The molecule has 32 heavy (non-hydrogen) atoms. The molecule has 1 fully saturated rings. The normalized spacial score (nSPS) is 17.2. The number of carbonyl (C=O) groups excluding carboxylic acids is 3. The van der Waals surface area contributed by atoms with E-state index < -0.39 is 12.3 Å². The molecular formula is C24H25F2N3O3. The van der Waals surface area contributed by atoms with E-state index in [9.17, 15) is 23.2 Å². The summed E-state index contributed by atoms with van der Waals surface area (Å²) in [5.41, 5.74) is 1.89. The quantitative estimate of drug-likeness (QED) is 0.671. The number of likely N-dealkylation sites (tertiary alicyclic amines) is 1. The van der Waals surface area contributed by atoms with Gasteiger partial charge in [0, 0.05) is 31.2 Å². The van der Waals surface area contributed by atoms with Crippen LogP contribution in [0.5, 0.6) is 0 Å². The lowest BCUT2D eigenvalue weighted by Gasteiger charge is -2.32. The molecule has 2 aliphatic heterocycles. The van der Waals surface area contributed by atoms with Gasteiger partial charge in [-0.15, -0.1) is 0 Å². The summed E-state index contributed by atoms with van der Waals surface area (Å²) >= 11 is 0. The third-order valence-electron chi connectivity index (χ3n) is 6.02. The number of fused-ring (bicyclic) bond motifs is 1. The second-order valence-electron chi connectivity index (χ2n) is 8.20. The van der Waals surface area contributed by atoms with Crippen molar-refractivity contribution in [2.45, 2.75) is 31.7 Å². The highest BCUT2D eigenvalue weighted by atomic mass is 19.3. The van der Waals surface area contributed by atoms with Crippen LogP contribution in [-0.4, -0.2) is 66.2 Å². The molecule has 3 amide bonds. The number of nitrogens with zero attached hydrogens (tertiary/aromatic N) is 2. The molecule has 2 aromatic rings. The molecule has 0 unspecified atom stereocenters. The predicted octanol–water partition coefficient (Wildman–Crippen LogP) is 2.98. The zero-order chi connectivity index (χ0) is 22.7. The van der Waals surface area contributed by atoms with Gasteiger partial charge in [-0.05, 0) is 43.0 Å². The van der Waals surface area contributed by atoms with E-state index >= 15 is 0 Å². The molecule has 6 nitrogen and oxygen atoms in total. The van der Waals surface area contributed by atoms with Gasteiger partial charge in [-0.2, -0.15) is 0 Å². The van der Waals surface area contributed by atoms with E-state index in [4.69, 9.17) is 0 Å². The van der Waals surface area contributed by atoms with Gasteiger partial charge in [-0.25, -0.2) is 8.78 Å². The van der Waals surface area contributed by atoms with Crippen LogP contribution < -0.4 is 5.32 Å². The fourth-order valence-electron chi connectivity index (χ4n) is 4.24. The Bertz CT molecular complexity index is 1000. The molecule has 1 N–H and O–H groups in total. The minimum atomic E-state index is -2.36. The summed E-state index contributed by atoms with van der Waals surface area (Å²) < 4.78 is 25.0. The molecule has 0 radical (unpaired) electrons. The minimum Gasteiger partial charge on any atom is -0.349 e. The number of piperidine rings is 1. The Morgan fingerprint density at radius 3 is 2.38 bits per heavy atom. The van der Waals surface area contributed by atoms with Crippen molar-refractivity contribution in [1.82, 2.24) is 15.1 Å². The van der Waals surface area contributed by atoms with Crippen LogP contribution in [-0.2, 0) is 6.42 Å². The van der Waals surface area contributed by atoms with Gasteiger partial charge in [0.05, 0.1) is 17.7 Å². The molecule has 2 aliphatic rings. The van der Waals surface area contributed by atoms with Crippen LogP contribution in [0.15, 0.2) is 48.5 Å². The third-order valence-corrected chi connectivity index (χ3v) is 6.02. The van der Waals surface area contributed by atoms with Gasteiger partial charge in [0.1, 0.15) is 0 Å². The Labute approximate surface area is 185 Å². The molecule has 4 rings (SSSR count). The number of hydrogen-bond acceptors (Lipinski definition) is 4. The minimum absolute atomic E-state index is 0.107. The summed E-state index contributed by atoms with van der Waals surface area (Å²) in [5, 5.41) is 2.92. The van der Waals surface area contributed by atoms with Crippen LogP contribution in [0, 0.1) is 0 Å². The maximum Gasteiger partial charge on any atom is 0.261 e. The van der Waals surface area contributed by atoms with E-state index in [2.05, 4.69) is 5.32 Å². The number of carbonyl (C=O) groups is 3. The highest BCUT2D eigenvalue weighted by Gasteiger charge is 2.35. The summed E-state index contributed by atoms with van der Waals surface area (Å²) in [4.78, 5) is 41.1. The zero-order valence-corrected chi connectivity index (χ0v) is 17.6. The zero-order valence-electron chi connectivity index (χ0n) is 17.6. The van der Waals surface area contributed by atoms with Gasteiger partial charge in [-0.1, -0.05) is 30.3 Å². The monoisotopic (exact) mass is 441 g/mol. The molecule has 0 bridgehead atoms. The number of amides is 3. The Hall–Kier alpha value is -3.13. The molecular weight excluding hydrogens is 416 g/mol. The van der Waals surface area contributed by atoms with E-state index in [1.165, 1.54) is 17.0 Å². The van der Waals surface area contributed by atoms with E-state index in [1.807, 2.05) is 30.3 Å². The largest absolute Gasteiger partial charge is 0.349 e. The summed E-state index contributed by atoms with van der Waals surface area (Å²) in [6, 6.07) is 14.0. The number of halogens is 2. The number of imide groups is 1. The van der Waals surface area contributed by atoms with Gasteiger partial charge >= 0.3 is 0 Å². The van der Waals surface area contributed by atoms with E-state index in [0.717, 1.165) is 5.56 Å². The molecule has 0 saturated carbocycles. The Morgan fingerprint density at radius 2 is 1.69 bits per heavy atom. The molecule has 0 aromatic heterocycles. The Balaban J connectivity index is 1.37. The fourth-order valence-corrected chi connectivity index (χ4v) is 4.24. The molecule has 8 heteroatoms. The van der Waals surface area contributed by atoms with Crippen molar-refractivity contribution in [2.24, 2.45) is 0 Å². The van der Waals surface area contributed by atoms with Crippen molar-refractivity contribution in [3.05, 3.63) is 70.8 Å². The molecule has 2 aromatic carbocycles. The second kappa shape index (κ2) is 9.56. The van der Waals surface area contributed by atoms with Crippen molar-refractivity contribution < 1.29 is 23.2 Å². The van der Waals surface area contributed by atoms with E-state index in [1.54, 1.807) is 11.0 Å². The second-order valence-corrected chi connectivity index (χ2v) is 8.20. The lowest BCUT2D eigenvalue weighted by Crippen LogP contribution is -2.45. The van der Waals surface area contributed by atoms with Crippen molar-refractivity contribution in [3.8, 4) is 0 Å². The van der Waals surface area contributed by atoms with Gasteiger partial charge in [-0.3, -0.25) is 24.2 Å². The lowest BCUT2D eigenvalue weighted by molar-refractivity contribution is 0.0655. The van der Waals surface area contributed by atoms with Gasteiger partial charge < -0.3 is 5.32 Å². The number of hydrogen-bond donors (Lipinski definition) is 1. The number of rotatable bonds is 7. The summed E-state index contributed by atoms with van der Waals surface area (Å²) in [5.74, 6) is -1.07. The van der Waals surface area contributed by atoms with E-state index in [0.29, 0.717) is 43.5 Å². The number of benzene rings is 2. The maximum atomic E-state index is 12.8. The number of nitrogens with one attached hydrogen (secondary N) is 1. The van der Waals surface area contributed by atoms with Crippen LogP contribution >= 0.6 is 0 Å². The van der Waals surface area contributed by atoms with Crippen LogP contribution in [0.1, 0.15) is 49.5 Å². The molecule has 0 aliphatic carbocycles. The van der Waals surface area contributed by atoms with Crippen LogP contribution in [0.25, 0.3) is 0 Å². The lowest BCUT2D eigenvalue weighted by atomic mass is 10.0. The first kappa shape index (κ1) is 22.1. The van der Waals surface area contributed by atoms with Gasteiger partial charge in [0.2, 0.25) is 0 Å². The van der Waals surface area contributed by atoms with Crippen molar-refractivity contribution in [2.75, 3.05) is 26.2 Å². The summed E-state index contributed by atoms with van der Waals surface area (Å²) in [7, 11) is 0. The smallest absolute Gasteiger partial charge is 0.261 e. The van der Waals surface area contributed by atoms with Crippen molar-refractivity contribution in [1.29, 1.82) is 0 Å². The Kier molecular flexibility index (Phi) is 6.60. The molecule has 0 atom stereocenters. The molecule has 168 valence electrons. The van der Waals surface area contributed by atoms with Crippen LogP contribution in [0.4, 0.5) is 8.78 Å². The predicted molar refractivity (Wildman–Crippen MR) is 115 cm³/mol. The first-order valence-electron chi connectivity index (χ1n) is 10.8. The molecule has 1 saturated heterocycles. The fraction of sp³-hybridized carbons (Fsp3) is 0.375. The number of alkyl halides is 2. The van der Waals surface area contributed by atoms with Gasteiger partial charge in [0.15, 0.2) is 0 Å². The average Bonchev–Trinajstić information content (AvgIpc) is 3.03. The van der Waals surface area contributed by atoms with Crippen molar-refractivity contribution in [3.63, 3.8) is 0 Å². The summed E-state index contributed by atoms with van der Waals surface area (Å²) in [6.07, 6.45) is -0.619. The topological polar surface area (TPSA) is 69.7 Å². The molecule has 2 heterocycles. The van der Waals surface area contributed by atoms with E-state index in [-0.39, 0.29) is 36.5 Å².